The van der Waals surface area contributed by atoms with Gasteiger partial charge in [-0.1, -0.05) is 12.1 Å². The van der Waals surface area contributed by atoms with Gasteiger partial charge in [-0.25, -0.2) is 10.9 Å². The number of carbonyl (C=O) groups is 8. The summed E-state index contributed by atoms with van der Waals surface area (Å²) in [6.07, 6.45) is 7.08. The summed E-state index contributed by atoms with van der Waals surface area (Å²) in [5.74, 6) is -1.72. The number of nitrogens with zero attached hydrogens (tertiary/aromatic N) is 5. The fourth-order valence-electron chi connectivity index (χ4n) is 4.44. The first kappa shape index (κ1) is 53.7. The van der Waals surface area contributed by atoms with E-state index in [-0.39, 0.29) is 41.1 Å². The van der Waals surface area contributed by atoms with E-state index in [1.807, 2.05) is 19.1 Å². The lowest BCUT2D eigenvalue weighted by Gasteiger charge is -2.02. The van der Waals surface area contributed by atoms with Gasteiger partial charge in [-0.3, -0.25) is 53.3 Å². The summed E-state index contributed by atoms with van der Waals surface area (Å²) in [6, 6.07) is 23.0. The van der Waals surface area contributed by atoms with Gasteiger partial charge in [-0.15, -0.1) is 0 Å². The number of pyridine rings is 1. The van der Waals surface area contributed by atoms with Gasteiger partial charge >= 0.3 is 0 Å². The number of nitrogens with one attached hydrogen (secondary N) is 6. The Labute approximate surface area is 371 Å². The molecule has 336 valence electrons. The molecule has 0 spiro atoms. The lowest BCUT2D eigenvalue weighted by Crippen LogP contribution is -2.20. The van der Waals surface area contributed by atoms with Crippen molar-refractivity contribution in [2.24, 2.45) is 20.2 Å². The minimum absolute atomic E-state index is 0.0676. The molecule has 0 aliphatic carbocycles. The molecule has 0 atom stereocenters. The molecule has 4 aromatic rings. The molecule has 0 bridgehead atoms. The van der Waals surface area contributed by atoms with Crippen LogP contribution in [0.2, 0.25) is 0 Å². The number of rotatable bonds is 14. The molecule has 0 aliphatic heterocycles. The minimum atomic E-state index is -0.448. The van der Waals surface area contributed by atoms with Gasteiger partial charge in [0.2, 0.25) is 0 Å². The zero-order valence-corrected chi connectivity index (χ0v) is 36.9. The fourth-order valence-corrected chi connectivity index (χ4v) is 4.44. The van der Waals surface area contributed by atoms with E-state index in [0.717, 1.165) is 17.5 Å². The SMILES string of the molecule is C/C=N/NC(=O)c1ccc(C(=O)NC)cc1.CC=NCc1ccc(C(=O)NC)cn1.CNC(=O)c1ccc(C(=O)N/N=C/C(C)=O)cc1.CNC(=O)c1ccc(CN=CC(C)=O)cc1. The van der Waals surface area contributed by atoms with Crippen molar-refractivity contribution in [3.63, 3.8) is 0 Å². The van der Waals surface area contributed by atoms with Gasteiger partial charge in [-0.05, 0) is 98.4 Å². The van der Waals surface area contributed by atoms with Crippen molar-refractivity contribution in [3.05, 3.63) is 136 Å². The number of carbonyl (C=O) groups excluding carboxylic acids is 8. The first-order valence-electron chi connectivity index (χ1n) is 19.3. The number of hydrogen-bond acceptors (Lipinski definition) is 13. The predicted octanol–water partition coefficient (Wildman–Crippen LogP) is 3.37. The summed E-state index contributed by atoms with van der Waals surface area (Å²) in [5, 5.41) is 17.1. The smallest absolute Gasteiger partial charge is 0.271 e. The molecule has 19 heteroatoms. The number of hydrogen-bond donors (Lipinski definition) is 6. The van der Waals surface area contributed by atoms with Crippen molar-refractivity contribution in [3.8, 4) is 0 Å². The zero-order chi connectivity index (χ0) is 47.9. The molecule has 19 nitrogen and oxygen atoms in total. The zero-order valence-electron chi connectivity index (χ0n) is 36.9. The van der Waals surface area contributed by atoms with Crippen LogP contribution in [-0.2, 0) is 22.7 Å². The largest absolute Gasteiger partial charge is 0.355 e. The second-order valence-corrected chi connectivity index (χ2v) is 12.5. The molecule has 3 aromatic carbocycles. The highest BCUT2D eigenvalue weighted by Gasteiger charge is 2.08. The van der Waals surface area contributed by atoms with Crippen LogP contribution in [0.1, 0.15) is 101 Å². The van der Waals surface area contributed by atoms with Gasteiger partial charge in [0.15, 0.2) is 11.6 Å². The number of ketones is 2. The van der Waals surface area contributed by atoms with Gasteiger partial charge in [0.1, 0.15) is 0 Å². The number of amides is 6. The average molecular weight is 876 g/mol. The highest BCUT2D eigenvalue weighted by Crippen LogP contribution is 2.07. The topological polar surface area (TPSA) is 271 Å². The Morgan fingerprint density at radius 3 is 1.19 bits per heavy atom. The Bertz CT molecular complexity index is 2290. The Balaban J connectivity index is 0.000000428. The van der Waals surface area contributed by atoms with Gasteiger partial charge in [0.05, 0.1) is 36.8 Å². The predicted molar refractivity (Wildman–Crippen MR) is 246 cm³/mol. The molecular weight excluding hydrogens is 823 g/mol. The Kier molecular flexibility index (Phi) is 25.7. The summed E-state index contributed by atoms with van der Waals surface area (Å²) < 4.78 is 0. The third-order valence-corrected chi connectivity index (χ3v) is 7.72. The Morgan fingerprint density at radius 1 is 0.453 bits per heavy atom. The number of aromatic nitrogens is 1. The highest BCUT2D eigenvalue weighted by molar-refractivity contribution is 6.26. The van der Waals surface area contributed by atoms with Crippen molar-refractivity contribution in [1.82, 2.24) is 37.1 Å². The third kappa shape index (κ3) is 21.3. The number of hydrazone groups is 2. The van der Waals surface area contributed by atoms with Crippen molar-refractivity contribution in [1.29, 1.82) is 0 Å². The van der Waals surface area contributed by atoms with Crippen LogP contribution in [0.5, 0.6) is 0 Å². The summed E-state index contributed by atoms with van der Waals surface area (Å²) in [5.41, 5.74) is 9.32. The molecule has 0 unspecified atom stereocenters. The van der Waals surface area contributed by atoms with Crippen molar-refractivity contribution < 1.29 is 38.4 Å². The summed E-state index contributed by atoms with van der Waals surface area (Å²) in [4.78, 5) is 101. The van der Waals surface area contributed by atoms with Crippen LogP contribution in [0.25, 0.3) is 0 Å². The van der Waals surface area contributed by atoms with Crippen LogP contribution in [-0.4, -0.2) is 105 Å². The van der Waals surface area contributed by atoms with Crippen LogP contribution in [0.4, 0.5) is 0 Å². The molecule has 0 saturated carbocycles. The average Bonchev–Trinajstić information content (AvgIpc) is 3.32. The van der Waals surface area contributed by atoms with E-state index < -0.39 is 5.91 Å². The highest BCUT2D eigenvalue weighted by atomic mass is 16.2. The van der Waals surface area contributed by atoms with Crippen molar-refractivity contribution in [2.75, 3.05) is 28.2 Å². The molecule has 6 N–H and O–H groups in total. The Hall–Kier alpha value is -8.35. The maximum Gasteiger partial charge on any atom is 0.271 e. The van der Waals surface area contributed by atoms with E-state index in [1.54, 1.807) is 89.0 Å². The molecule has 0 aliphatic rings. The number of benzene rings is 3. The summed E-state index contributed by atoms with van der Waals surface area (Å²) in [6.45, 7) is 7.36. The molecule has 0 saturated heterocycles. The van der Waals surface area contributed by atoms with E-state index in [0.29, 0.717) is 46.5 Å². The summed E-state index contributed by atoms with van der Waals surface area (Å²) in [7, 11) is 6.27. The fraction of sp³-hybridized carbons (Fsp3) is 0.222. The molecule has 4 rings (SSSR count). The first-order chi connectivity index (χ1) is 30.6. The third-order valence-electron chi connectivity index (χ3n) is 7.72. The molecule has 0 radical (unpaired) electrons. The van der Waals surface area contributed by atoms with Crippen LogP contribution >= 0.6 is 0 Å². The van der Waals surface area contributed by atoms with Crippen molar-refractivity contribution >= 4 is 71.9 Å². The quantitative estimate of drug-likeness (QED) is 0.0800. The maximum atomic E-state index is 11.5. The van der Waals surface area contributed by atoms with E-state index >= 15 is 0 Å². The first-order valence-corrected chi connectivity index (χ1v) is 19.3. The lowest BCUT2D eigenvalue weighted by molar-refractivity contribution is -0.111. The van der Waals surface area contributed by atoms with Gasteiger partial charge < -0.3 is 21.3 Å². The molecular formula is C45H53N11O8. The van der Waals surface area contributed by atoms with Crippen LogP contribution in [0, 0.1) is 0 Å². The maximum absolute atomic E-state index is 11.5. The van der Waals surface area contributed by atoms with Gasteiger partial charge in [0.25, 0.3) is 35.4 Å². The summed E-state index contributed by atoms with van der Waals surface area (Å²) >= 11 is 0. The van der Waals surface area contributed by atoms with E-state index in [9.17, 15) is 38.4 Å². The second-order valence-electron chi connectivity index (χ2n) is 12.5. The number of aliphatic imine (C=N–C) groups is 2. The molecule has 6 amide bonds. The normalized spacial score (nSPS) is 10.2. The van der Waals surface area contributed by atoms with Gasteiger partial charge in [0, 0.05) is 82.3 Å². The van der Waals surface area contributed by atoms with E-state index in [4.69, 9.17) is 0 Å². The van der Waals surface area contributed by atoms with Crippen LogP contribution in [0.15, 0.2) is 111 Å². The molecule has 0 fully saturated rings. The molecule has 64 heavy (non-hydrogen) atoms. The second kappa shape index (κ2) is 30.6. The lowest BCUT2D eigenvalue weighted by atomic mass is 10.1. The molecule has 1 aromatic heterocycles. The van der Waals surface area contributed by atoms with Gasteiger partial charge in [-0.2, -0.15) is 10.2 Å². The van der Waals surface area contributed by atoms with Crippen LogP contribution in [0.3, 0.4) is 0 Å². The van der Waals surface area contributed by atoms with E-state index in [1.165, 1.54) is 57.6 Å². The number of Topliss-reactive ketones (excluding diaryl/α,β-unsaturated/α-hetero) is 2. The molecule has 1 heterocycles. The van der Waals surface area contributed by atoms with E-state index in [2.05, 4.69) is 57.3 Å². The van der Waals surface area contributed by atoms with Crippen LogP contribution < -0.4 is 32.1 Å². The van der Waals surface area contributed by atoms with Crippen molar-refractivity contribution in [2.45, 2.75) is 40.8 Å². The minimum Gasteiger partial charge on any atom is -0.355 e. The standard InChI is InChI=1S/C12H13N3O3.C12H14N2O2.C11H13N3O2.C10H13N3O/c1-8(16)7-14-15-12(18)10-5-3-9(4-6-10)11(17)13-2;1-9(15)7-14-8-10-3-5-11(6-4-10)12(16)13-2;1-3-13-14-11(16)9-6-4-8(5-7-9)10(15)12-2;1-3-12-7-9-5-4-8(6-13-9)10(14)11-2/h3-7H,1-2H3,(H,13,17)(H,15,18);3-7H,8H2,1-2H3,(H,13,16);3-7H,1-2H3,(H,12,15)(H,14,16);3-6H,7H2,1-2H3,(H,11,14)/b14-7+;;13-3+;. The monoisotopic (exact) mass is 875 g/mol. The Morgan fingerprint density at radius 2 is 0.828 bits per heavy atom.